The van der Waals surface area contributed by atoms with Crippen LogP contribution in [0, 0.1) is 0 Å². The lowest BCUT2D eigenvalue weighted by Crippen LogP contribution is -2.56. The van der Waals surface area contributed by atoms with E-state index < -0.39 is 0 Å². The van der Waals surface area contributed by atoms with Gasteiger partial charge >= 0.3 is 0 Å². The predicted octanol–water partition coefficient (Wildman–Crippen LogP) is 6.29. The molecular formula is C35H34N4O2. The monoisotopic (exact) mass is 542 g/mol. The van der Waals surface area contributed by atoms with Crippen LogP contribution in [0.25, 0.3) is 22.4 Å². The molecule has 1 saturated heterocycles. The summed E-state index contributed by atoms with van der Waals surface area (Å²) in [4.78, 5) is 18.7. The molecule has 0 bridgehead atoms. The highest BCUT2D eigenvalue weighted by atomic mass is 16.5. The lowest BCUT2D eigenvalue weighted by atomic mass is 9.98. The van der Waals surface area contributed by atoms with Gasteiger partial charge in [-0.3, -0.25) is 14.8 Å². The number of rotatable bonds is 9. The number of piperazine rings is 1. The number of ether oxygens (including phenoxy) is 1. The van der Waals surface area contributed by atoms with Crippen molar-refractivity contribution >= 4 is 5.91 Å². The third-order valence-corrected chi connectivity index (χ3v) is 7.59. The number of hydrogen-bond acceptors (Lipinski definition) is 4. The molecule has 1 atom stereocenters. The smallest absolute Gasteiger partial charge is 0.272 e. The largest absolute Gasteiger partial charge is 0.375 e. The zero-order valence-corrected chi connectivity index (χ0v) is 23.0. The van der Waals surface area contributed by atoms with Crippen molar-refractivity contribution in [2.75, 3.05) is 26.2 Å². The summed E-state index contributed by atoms with van der Waals surface area (Å²) in [5.41, 5.74) is 6.44. The molecule has 4 aromatic carbocycles. The lowest BCUT2D eigenvalue weighted by molar-refractivity contribution is 0.00478. The highest BCUT2D eigenvalue weighted by molar-refractivity contribution is 6.03. The minimum Gasteiger partial charge on any atom is -0.375 e. The standard InChI is InChI=1S/C35H34N4O2/c40-35(34-32(29-17-9-3-10-18-29)33(36-37-34)30-19-11-4-12-20-30)39-22-21-38(23-27-13-5-1-6-14-27)24-31(39)26-41-25-28-15-7-2-8-16-28/h1-20,31H,21-26H2,(H,36,37)/t31-/m0/s1. The van der Waals surface area contributed by atoms with Gasteiger partial charge in [-0.05, 0) is 16.7 Å². The summed E-state index contributed by atoms with van der Waals surface area (Å²) < 4.78 is 6.22. The molecule has 0 saturated carbocycles. The number of amides is 1. The first-order chi connectivity index (χ1) is 20.3. The molecule has 6 heteroatoms. The molecule has 2 heterocycles. The van der Waals surface area contributed by atoms with E-state index in [2.05, 4.69) is 51.5 Å². The summed E-state index contributed by atoms with van der Waals surface area (Å²) in [6, 6.07) is 40.6. The van der Waals surface area contributed by atoms with Gasteiger partial charge in [-0.15, -0.1) is 0 Å². The molecule has 1 amide bonds. The molecule has 1 aliphatic heterocycles. The Bertz CT molecular complexity index is 1540. The quantitative estimate of drug-likeness (QED) is 0.238. The number of aromatic nitrogens is 2. The molecule has 0 spiro atoms. The average molecular weight is 543 g/mol. The summed E-state index contributed by atoms with van der Waals surface area (Å²) in [5.74, 6) is -0.0498. The van der Waals surface area contributed by atoms with E-state index in [9.17, 15) is 4.79 Å². The fraction of sp³-hybridized carbons (Fsp3) is 0.200. The zero-order valence-electron chi connectivity index (χ0n) is 23.0. The fourth-order valence-corrected chi connectivity index (χ4v) is 5.53. The molecular weight excluding hydrogens is 508 g/mol. The molecule has 1 aromatic heterocycles. The third kappa shape index (κ3) is 6.30. The van der Waals surface area contributed by atoms with Gasteiger partial charge < -0.3 is 9.64 Å². The number of carbonyl (C=O) groups excluding carboxylic acids is 1. The molecule has 6 nitrogen and oxygen atoms in total. The van der Waals surface area contributed by atoms with Crippen molar-refractivity contribution in [1.82, 2.24) is 20.0 Å². The molecule has 1 N–H and O–H groups in total. The van der Waals surface area contributed by atoms with Crippen LogP contribution in [0.4, 0.5) is 0 Å². The van der Waals surface area contributed by atoms with Gasteiger partial charge in [0, 0.05) is 37.3 Å². The summed E-state index contributed by atoms with van der Waals surface area (Å²) >= 11 is 0. The molecule has 0 unspecified atom stereocenters. The maximum atomic E-state index is 14.3. The van der Waals surface area contributed by atoms with E-state index in [-0.39, 0.29) is 11.9 Å². The van der Waals surface area contributed by atoms with Crippen LogP contribution in [-0.4, -0.2) is 58.2 Å². The van der Waals surface area contributed by atoms with Crippen LogP contribution < -0.4 is 0 Å². The molecule has 1 fully saturated rings. The van der Waals surface area contributed by atoms with E-state index in [4.69, 9.17) is 4.74 Å². The zero-order chi connectivity index (χ0) is 27.9. The van der Waals surface area contributed by atoms with Crippen LogP contribution in [0.2, 0.25) is 0 Å². The van der Waals surface area contributed by atoms with Crippen LogP contribution in [0.5, 0.6) is 0 Å². The summed E-state index contributed by atoms with van der Waals surface area (Å²) in [5, 5.41) is 7.79. The number of carbonyl (C=O) groups is 1. The highest BCUT2D eigenvalue weighted by Crippen LogP contribution is 2.34. The maximum Gasteiger partial charge on any atom is 0.272 e. The summed E-state index contributed by atoms with van der Waals surface area (Å²) in [7, 11) is 0. The van der Waals surface area contributed by atoms with Gasteiger partial charge in [0.1, 0.15) is 11.4 Å². The third-order valence-electron chi connectivity index (χ3n) is 7.59. The average Bonchev–Trinajstić information content (AvgIpc) is 3.48. The van der Waals surface area contributed by atoms with Crippen LogP contribution in [-0.2, 0) is 17.9 Å². The molecule has 41 heavy (non-hydrogen) atoms. The molecule has 6 rings (SSSR count). The van der Waals surface area contributed by atoms with Crippen LogP contribution in [0.1, 0.15) is 21.6 Å². The lowest BCUT2D eigenvalue weighted by Gasteiger charge is -2.41. The first-order valence-corrected chi connectivity index (χ1v) is 14.1. The van der Waals surface area contributed by atoms with Crippen LogP contribution in [0.15, 0.2) is 121 Å². The Morgan fingerprint density at radius 3 is 2.00 bits per heavy atom. The number of nitrogens with one attached hydrogen (secondary N) is 1. The van der Waals surface area contributed by atoms with Crippen molar-refractivity contribution in [3.63, 3.8) is 0 Å². The Balaban J connectivity index is 1.28. The second-order valence-electron chi connectivity index (χ2n) is 10.4. The number of nitrogens with zero attached hydrogens (tertiary/aromatic N) is 3. The van der Waals surface area contributed by atoms with Crippen molar-refractivity contribution in [2.24, 2.45) is 0 Å². The van der Waals surface area contributed by atoms with Gasteiger partial charge in [0.2, 0.25) is 0 Å². The van der Waals surface area contributed by atoms with E-state index in [0.29, 0.717) is 25.5 Å². The molecule has 0 radical (unpaired) electrons. The maximum absolute atomic E-state index is 14.3. The predicted molar refractivity (Wildman–Crippen MR) is 162 cm³/mol. The second kappa shape index (κ2) is 12.8. The summed E-state index contributed by atoms with van der Waals surface area (Å²) in [6.45, 7) is 3.93. The van der Waals surface area contributed by atoms with E-state index in [1.54, 1.807) is 0 Å². The Morgan fingerprint density at radius 1 is 0.756 bits per heavy atom. The van der Waals surface area contributed by atoms with Crippen molar-refractivity contribution in [1.29, 1.82) is 0 Å². The summed E-state index contributed by atoms with van der Waals surface area (Å²) in [6.07, 6.45) is 0. The van der Waals surface area contributed by atoms with Crippen molar-refractivity contribution in [2.45, 2.75) is 19.2 Å². The Morgan fingerprint density at radius 2 is 1.34 bits per heavy atom. The van der Waals surface area contributed by atoms with Crippen molar-refractivity contribution in [3.05, 3.63) is 138 Å². The minimum atomic E-state index is -0.101. The SMILES string of the molecule is O=C(c1[nH]nc(-c2ccccc2)c1-c1ccccc1)N1CCN(Cc2ccccc2)C[C@H]1COCc1ccccc1. The van der Waals surface area contributed by atoms with E-state index in [0.717, 1.165) is 47.6 Å². The highest BCUT2D eigenvalue weighted by Gasteiger charge is 2.34. The number of aromatic amines is 1. The van der Waals surface area contributed by atoms with Gasteiger partial charge in [0.05, 0.1) is 19.3 Å². The topological polar surface area (TPSA) is 61.5 Å². The normalized spacial score (nSPS) is 15.6. The van der Waals surface area contributed by atoms with Gasteiger partial charge in [-0.2, -0.15) is 5.10 Å². The molecule has 1 aliphatic rings. The number of hydrogen-bond donors (Lipinski definition) is 1. The molecule has 0 aliphatic carbocycles. The fourth-order valence-electron chi connectivity index (χ4n) is 5.53. The first-order valence-electron chi connectivity index (χ1n) is 14.1. The van der Waals surface area contributed by atoms with Gasteiger partial charge in [0.15, 0.2) is 0 Å². The van der Waals surface area contributed by atoms with E-state index >= 15 is 0 Å². The van der Waals surface area contributed by atoms with Crippen LogP contribution >= 0.6 is 0 Å². The number of benzene rings is 4. The number of H-pyrrole nitrogens is 1. The molecule has 5 aromatic rings. The van der Waals surface area contributed by atoms with E-state index in [1.807, 2.05) is 89.8 Å². The van der Waals surface area contributed by atoms with Gasteiger partial charge in [0.25, 0.3) is 5.91 Å². The van der Waals surface area contributed by atoms with Crippen LogP contribution in [0.3, 0.4) is 0 Å². The van der Waals surface area contributed by atoms with E-state index in [1.165, 1.54) is 5.56 Å². The molecule has 206 valence electrons. The van der Waals surface area contributed by atoms with Gasteiger partial charge in [-0.25, -0.2) is 0 Å². The minimum absolute atomic E-state index is 0.0498. The Labute approximate surface area is 241 Å². The van der Waals surface area contributed by atoms with Crippen molar-refractivity contribution in [3.8, 4) is 22.4 Å². The van der Waals surface area contributed by atoms with Gasteiger partial charge in [-0.1, -0.05) is 121 Å². The Kier molecular flexibility index (Phi) is 8.31. The Hall–Kier alpha value is -4.52. The second-order valence-corrected chi connectivity index (χ2v) is 10.4. The first kappa shape index (κ1) is 26.7. The van der Waals surface area contributed by atoms with Crippen molar-refractivity contribution < 1.29 is 9.53 Å².